The largest absolute Gasteiger partial charge is 0.441 e. The van der Waals surface area contributed by atoms with Gasteiger partial charge in [0.15, 0.2) is 17.4 Å². The maximum absolute atomic E-state index is 5.44. The Balaban J connectivity index is 2.10. The summed E-state index contributed by atoms with van der Waals surface area (Å²) >= 11 is 0. The van der Waals surface area contributed by atoms with Crippen molar-refractivity contribution in [2.45, 2.75) is 6.92 Å². The molecule has 3 aromatic rings. The van der Waals surface area contributed by atoms with E-state index >= 15 is 0 Å². The van der Waals surface area contributed by atoms with Crippen LogP contribution in [0.25, 0.3) is 22.4 Å². The van der Waals surface area contributed by atoms with Gasteiger partial charge in [0.2, 0.25) is 0 Å². The van der Waals surface area contributed by atoms with Crippen molar-refractivity contribution in [2.24, 2.45) is 0 Å². The van der Waals surface area contributed by atoms with Crippen molar-refractivity contribution < 1.29 is 4.42 Å². The average molecular weight is 228 g/mol. The third-order valence-electron chi connectivity index (χ3n) is 2.62. The van der Waals surface area contributed by atoms with E-state index in [9.17, 15) is 0 Å². The summed E-state index contributed by atoms with van der Waals surface area (Å²) < 4.78 is 5.44. The van der Waals surface area contributed by atoms with Gasteiger partial charge in [0.05, 0.1) is 11.9 Å². The molecule has 1 aromatic carbocycles. The lowest BCUT2D eigenvalue weighted by Crippen LogP contribution is -1.88. The van der Waals surface area contributed by atoms with Crippen molar-refractivity contribution in [3.8, 4) is 11.3 Å². The summed E-state index contributed by atoms with van der Waals surface area (Å²) in [6, 6.07) is 5.89. The number of hydrogen-bond donors (Lipinski definition) is 2. The summed E-state index contributed by atoms with van der Waals surface area (Å²) in [4.78, 5) is 11.7. The van der Waals surface area contributed by atoms with Crippen LogP contribution in [0.1, 0.15) is 5.89 Å². The summed E-state index contributed by atoms with van der Waals surface area (Å²) in [7, 11) is 1.83. The lowest BCUT2D eigenvalue weighted by Gasteiger charge is -1.96. The molecule has 2 heterocycles. The molecule has 0 spiro atoms. The Morgan fingerprint density at radius 2 is 2.24 bits per heavy atom. The van der Waals surface area contributed by atoms with Crippen LogP contribution in [0.2, 0.25) is 0 Å². The van der Waals surface area contributed by atoms with Crippen LogP contribution in [0.5, 0.6) is 0 Å². The van der Waals surface area contributed by atoms with E-state index in [4.69, 9.17) is 4.42 Å². The lowest BCUT2D eigenvalue weighted by molar-refractivity contribution is 0.561. The Kier molecular flexibility index (Phi) is 2.11. The number of H-pyrrole nitrogens is 1. The van der Waals surface area contributed by atoms with Crippen molar-refractivity contribution in [1.29, 1.82) is 0 Å². The number of rotatable bonds is 2. The predicted octanol–water partition coefficient (Wildman–Crippen LogP) is 2.57. The van der Waals surface area contributed by atoms with Crippen molar-refractivity contribution in [2.75, 3.05) is 12.4 Å². The number of fused-ring (bicyclic) bond motifs is 1. The van der Waals surface area contributed by atoms with Gasteiger partial charge in [0.25, 0.3) is 0 Å². The fraction of sp³-hybridized carbons (Fsp3) is 0.167. The Labute approximate surface area is 97.9 Å². The third kappa shape index (κ3) is 1.65. The molecule has 5 nitrogen and oxygen atoms in total. The van der Waals surface area contributed by atoms with Crippen molar-refractivity contribution in [3.63, 3.8) is 0 Å². The summed E-state index contributed by atoms with van der Waals surface area (Å²) in [5.41, 5.74) is 3.66. The van der Waals surface area contributed by atoms with Crippen LogP contribution >= 0.6 is 0 Å². The van der Waals surface area contributed by atoms with Gasteiger partial charge >= 0.3 is 0 Å². The molecule has 2 N–H and O–H groups in total. The second kappa shape index (κ2) is 3.62. The fourth-order valence-electron chi connectivity index (χ4n) is 1.81. The predicted molar refractivity (Wildman–Crippen MR) is 65.9 cm³/mol. The molecular formula is C12H12N4O. The highest BCUT2D eigenvalue weighted by atomic mass is 16.3. The van der Waals surface area contributed by atoms with Gasteiger partial charge in [-0.15, -0.1) is 0 Å². The van der Waals surface area contributed by atoms with E-state index in [1.807, 2.05) is 32.2 Å². The van der Waals surface area contributed by atoms with E-state index in [0.29, 0.717) is 5.89 Å². The molecule has 2 aromatic heterocycles. The average Bonchev–Trinajstić information content (AvgIpc) is 2.92. The SMILES string of the molecule is CNc1ncc(-c2ccc3oc(C)nc3c2)[nH]1. The Hall–Kier alpha value is -2.30. The van der Waals surface area contributed by atoms with Gasteiger partial charge in [-0.25, -0.2) is 9.97 Å². The maximum Gasteiger partial charge on any atom is 0.200 e. The molecule has 0 saturated heterocycles. The van der Waals surface area contributed by atoms with Gasteiger partial charge in [-0.05, 0) is 18.2 Å². The maximum atomic E-state index is 5.44. The monoisotopic (exact) mass is 228 g/mol. The number of nitrogens with one attached hydrogen (secondary N) is 2. The van der Waals surface area contributed by atoms with Crippen LogP contribution in [0.4, 0.5) is 5.95 Å². The molecule has 0 aliphatic carbocycles. The number of anilines is 1. The molecule has 3 rings (SSSR count). The molecule has 0 saturated carbocycles. The summed E-state index contributed by atoms with van der Waals surface area (Å²) in [6.07, 6.45) is 1.79. The first kappa shape index (κ1) is 9.89. The molecule has 5 heteroatoms. The van der Waals surface area contributed by atoms with Gasteiger partial charge in [0.1, 0.15) is 5.52 Å². The first-order valence-corrected chi connectivity index (χ1v) is 5.36. The molecule has 0 unspecified atom stereocenters. The van der Waals surface area contributed by atoms with E-state index in [1.54, 1.807) is 6.20 Å². The van der Waals surface area contributed by atoms with E-state index in [1.165, 1.54) is 0 Å². The first-order chi connectivity index (χ1) is 8.26. The van der Waals surface area contributed by atoms with Gasteiger partial charge in [-0.2, -0.15) is 0 Å². The van der Waals surface area contributed by atoms with Crippen LogP contribution in [0, 0.1) is 6.92 Å². The summed E-state index contributed by atoms with van der Waals surface area (Å²) in [5, 5.41) is 2.96. The number of imidazole rings is 1. The second-order valence-electron chi connectivity index (χ2n) is 3.81. The van der Waals surface area contributed by atoms with E-state index < -0.39 is 0 Å². The standard InChI is InChI=1S/C12H12N4O/c1-7-15-9-5-8(3-4-11(9)17-7)10-6-14-12(13-2)16-10/h3-6H,1-2H3,(H2,13,14,16). The van der Waals surface area contributed by atoms with E-state index in [2.05, 4.69) is 20.3 Å². The minimum atomic E-state index is 0.678. The molecule has 0 atom stereocenters. The van der Waals surface area contributed by atoms with Gasteiger partial charge in [0, 0.05) is 19.5 Å². The van der Waals surface area contributed by atoms with Gasteiger partial charge in [-0.3, -0.25) is 0 Å². The summed E-state index contributed by atoms with van der Waals surface area (Å²) in [5.74, 6) is 1.43. The number of hydrogen-bond acceptors (Lipinski definition) is 4. The number of aromatic amines is 1. The highest BCUT2D eigenvalue weighted by molar-refractivity contribution is 5.79. The molecule has 17 heavy (non-hydrogen) atoms. The minimum Gasteiger partial charge on any atom is -0.441 e. The van der Waals surface area contributed by atoms with Crippen LogP contribution in [-0.4, -0.2) is 22.0 Å². The number of nitrogens with zero attached hydrogens (tertiary/aromatic N) is 2. The second-order valence-corrected chi connectivity index (χ2v) is 3.81. The summed E-state index contributed by atoms with van der Waals surface area (Å²) in [6.45, 7) is 1.84. The molecule has 0 aliphatic heterocycles. The minimum absolute atomic E-state index is 0.678. The number of aryl methyl sites for hydroxylation is 1. The normalized spacial score (nSPS) is 10.9. The van der Waals surface area contributed by atoms with Gasteiger partial charge < -0.3 is 14.7 Å². The zero-order chi connectivity index (χ0) is 11.8. The Morgan fingerprint density at radius 1 is 1.35 bits per heavy atom. The first-order valence-electron chi connectivity index (χ1n) is 5.36. The molecule has 86 valence electrons. The number of oxazole rings is 1. The van der Waals surface area contributed by atoms with Crippen LogP contribution in [-0.2, 0) is 0 Å². The van der Waals surface area contributed by atoms with Crippen molar-refractivity contribution >= 4 is 17.0 Å². The van der Waals surface area contributed by atoms with Crippen molar-refractivity contribution in [1.82, 2.24) is 15.0 Å². The molecule has 0 aliphatic rings. The van der Waals surface area contributed by atoms with Crippen LogP contribution in [0.3, 0.4) is 0 Å². The molecule has 0 bridgehead atoms. The molecule has 0 amide bonds. The van der Waals surface area contributed by atoms with E-state index in [0.717, 1.165) is 28.3 Å². The lowest BCUT2D eigenvalue weighted by atomic mass is 10.1. The quantitative estimate of drug-likeness (QED) is 0.707. The van der Waals surface area contributed by atoms with Gasteiger partial charge in [-0.1, -0.05) is 0 Å². The smallest absolute Gasteiger partial charge is 0.200 e. The molecule has 0 fully saturated rings. The highest BCUT2D eigenvalue weighted by Gasteiger charge is 2.06. The topological polar surface area (TPSA) is 66.7 Å². The Morgan fingerprint density at radius 3 is 3.00 bits per heavy atom. The zero-order valence-corrected chi connectivity index (χ0v) is 9.61. The Bertz CT molecular complexity index is 668. The molecular weight excluding hydrogens is 216 g/mol. The van der Waals surface area contributed by atoms with E-state index in [-0.39, 0.29) is 0 Å². The zero-order valence-electron chi connectivity index (χ0n) is 9.61. The third-order valence-corrected chi connectivity index (χ3v) is 2.62. The fourth-order valence-corrected chi connectivity index (χ4v) is 1.81. The number of aromatic nitrogens is 3. The molecule has 0 radical (unpaired) electrons. The number of benzene rings is 1. The van der Waals surface area contributed by atoms with Crippen LogP contribution in [0.15, 0.2) is 28.8 Å². The van der Waals surface area contributed by atoms with Crippen molar-refractivity contribution in [3.05, 3.63) is 30.3 Å². The highest BCUT2D eigenvalue weighted by Crippen LogP contribution is 2.24. The van der Waals surface area contributed by atoms with Crippen LogP contribution < -0.4 is 5.32 Å².